The van der Waals surface area contributed by atoms with Crippen LogP contribution in [-0.2, 0) is 9.59 Å². The number of nitrogens with one attached hydrogen (secondary N) is 4. The van der Waals surface area contributed by atoms with E-state index in [2.05, 4.69) is 20.9 Å². The molecule has 3 rings (SSSR count). The van der Waals surface area contributed by atoms with E-state index in [1.807, 2.05) is 5.32 Å². The molecular weight excluding hydrogens is 573 g/mol. The summed E-state index contributed by atoms with van der Waals surface area (Å²) in [6, 6.07) is 3.95. The Bertz CT molecular complexity index is 1100. The molecule has 230 valence electrons. The second kappa shape index (κ2) is 14.1. The number of thioether (sulfide) groups is 1. The van der Waals surface area contributed by atoms with Crippen molar-refractivity contribution in [1.29, 1.82) is 0 Å². The number of hydrogen-bond acceptors (Lipinski definition) is 9. The van der Waals surface area contributed by atoms with E-state index in [4.69, 9.17) is 0 Å². The zero-order valence-corrected chi connectivity index (χ0v) is 23.8. The van der Waals surface area contributed by atoms with Gasteiger partial charge in [-0.3, -0.25) is 19.4 Å². The van der Waals surface area contributed by atoms with Crippen molar-refractivity contribution in [3.8, 4) is 0 Å². The van der Waals surface area contributed by atoms with Gasteiger partial charge in [0.15, 0.2) is 0 Å². The topological polar surface area (TPSA) is 122 Å². The number of aliphatic hydroxyl groups is 1. The molecule has 3 heterocycles. The Morgan fingerprint density at radius 3 is 2.49 bits per heavy atom. The van der Waals surface area contributed by atoms with E-state index in [0.29, 0.717) is 17.3 Å². The number of hydrogen-bond donors (Lipinski definition) is 5. The lowest BCUT2D eigenvalue weighted by Gasteiger charge is -2.31. The van der Waals surface area contributed by atoms with Crippen LogP contribution in [0.25, 0.3) is 0 Å². The van der Waals surface area contributed by atoms with Gasteiger partial charge >= 0.3 is 6.18 Å². The van der Waals surface area contributed by atoms with Crippen molar-refractivity contribution >= 4 is 35.2 Å². The fourth-order valence-electron chi connectivity index (χ4n) is 4.52. The van der Waals surface area contributed by atoms with Crippen LogP contribution in [-0.4, -0.2) is 108 Å². The summed E-state index contributed by atoms with van der Waals surface area (Å²) in [6.07, 6.45) is -6.17. The summed E-state index contributed by atoms with van der Waals surface area (Å²) in [6.45, 7) is 2.95. The van der Waals surface area contributed by atoms with Crippen molar-refractivity contribution in [3.63, 3.8) is 0 Å². The van der Waals surface area contributed by atoms with Gasteiger partial charge in [-0.25, -0.2) is 13.8 Å². The quantitative estimate of drug-likeness (QED) is 0.241. The summed E-state index contributed by atoms with van der Waals surface area (Å²) in [5.74, 6) is -3.17. The number of nitrogens with zero attached hydrogens (tertiary/aromatic N) is 3. The smallest absolute Gasteiger partial charge is 0.373 e. The predicted molar refractivity (Wildman–Crippen MR) is 146 cm³/mol. The largest absolute Gasteiger partial charge is 0.405 e. The van der Waals surface area contributed by atoms with Crippen LogP contribution in [0.4, 0.5) is 33.6 Å². The summed E-state index contributed by atoms with van der Waals surface area (Å²) in [5.41, 5.74) is 0.729. The first-order valence-electron chi connectivity index (χ1n) is 13.2. The molecular formula is C25H36F5N7O3S. The van der Waals surface area contributed by atoms with E-state index in [-0.39, 0.29) is 50.7 Å². The highest BCUT2D eigenvalue weighted by Gasteiger charge is 2.44. The highest BCUT2D eigenvalue weighted by atomic mass is 32.2. The van der Waals surface area contributed by atoms with Crippen LogP contribution < -0.4 is 21.3 Å². The molecule has 2 aliphatic heterocycles. The molecule has 2 aliphatic rings. The minimum absolute atomic E-state index is 0.0212. The van der Waals surface area contributed by atoms with Gasteiger partial charge < -0.3 is 26.4 Å². The Hall–Kier alpha value is -2.53. The summed E-state index contributed by atoms with van der Waals surface area (Å²) in [5, 5.41) is 20.7. The first-order chi connectivity index (χ1) is 19.2. The molecule has 1 aromatic rings. The molecule has 0 radical (unpaired) electrons. The van der Waals surface area contributed by atoms with Gasteiger partial charge in [0.05, 0.1) is 11.9 Å². The van der Waals surface area contributed by atoms with E-state index in [0.717, 1.165) is 5.57 Å². The van der Waals surface area contributed by atoms with Crippen LogP contribution in [0.5, 0.6) is 0 Å². The average Bonchev–Trinajstić information content (AvgIpc) is 3.23. The van der Waals surface area contributed by atoms with Crippen molar-refractivity contribution in [2.24, 2.45) is 0 Å². The van der Waals surface area contributed by atoms with Gasteiger partial charge in [-0.2, -0.15) is 13.2 Å². The molecule has 0 bridgehead atoms. The lowest BCUT2D eigenvalue weighted by Crippen LogP contribution is -2.55. The first kappa shape index (κ1) is 33.0. The van der Waals surface area contributed by atoms with Gasteiger partial charge in [0.2, 0.25) is 11.8 Å². The summed E-state index contributed by atoms with van der Waals surface area (Å²) in [7, 11) is 1.47. The molecule has 2 fully saturated rings. The molecule has 3 atom stereocenters. The van der Waals surface area contributed by atoms with Gasteiger partial charge in [0, 0.05) is 37.4 Å². The normalized spacial score (nSPS) is 23.6. The van der Waals surface area contributed by atoms with Crippen LogP contribution in [0.15, 0.2) is 28.7 Å². The maximum atomic E-state index is 13.3. The van der Waals surface area contributed by atoms with Gasteiger partial charge in [-0.15, -0.1) is 11.8 Å². The van der Waals surface area contributed by atoms with E-state index in [1.54, 1.807) is 41.8 Å². The molecule has 0 spiro atoms. The molecule has 10 nitrogen and oxygen atoms in total. The van der Waals surface area contributed by atoms with Gasteiger partial charge in [0.25, 0.3) is 5.92 Å². The predicted octanol–water partition coefficient (Wildman–Crippen LogP) is 2.42. The van der Waals surface area contributed by atoms with Crippen molar-refractivity contribution in [2.45, 2.75) is 56.4 Å². The fraction of sp³-hybridized carbons (Fsp3) is 0.640. The van der Waals surface area contributed by atoms with E-state index in [1.165, 1.54) is 18.8 Å². The standard InChI is InChI=1S/C25H36F5N7O3S/c1-4-37-22(40)20(41-23(37)19(31-3)21(39)33-14-25(28,29)30)15(2)12-32-16-6-5-7-17(34-16)35-18(38)13-36-10-8-24(26,27)9-11-36/h5-7,19,22-23,31,40H,4,8-14H2,1-3H3,(H,33,39)(H2,32,34,35,38)/b20-15-/t19-,22?,23?/m1/s1. The molecule has 41 heavy (non-hydrogen) atoms. The van der Waals surface area contributed by atoms with Crippen LogP contribution in [0.3, 0.4) is 0 Å². The summed E-state index contributed by atoms with van der Waals surface area (Å²) in [4.78, 5) is 33.1. The van der Waals surface area contributed by atoms with Crippen molar-refractivity contribution < 1.29 is 36.6 Å². The van der Waals surface area contributed by atoms with Crippen molar-refractivity contribution in [1.82, 2.24) is 25.4 Å². The van der Waals surface area contributed by atoms with E-state index in [9.17, 15) is 36.6 Å². The number of aliphatic hydroxyl groups excluding tert-OH is 1. The fourth-order valence-corrected chi connectivity index (χ4v) is 6.11. The highest BCUT2D eigenvalue weighted by Crippen LogP contribution is 2.41. The maximum absolute atomic E-state index is 13.3. The number of carbonyl (C=O) groups excluding carboxylic acids is 2. The maximum Gasteiger partial charge on any atom is 0.405 e. The van der Waals surface area contributed by atoms with Crippen LogP contribution in [0.1, 0.15) is 26.7 Å². The first-order valence-corrected chi connectivity index (χ1v) is 14.0. The SMILES string of the molecule is CCN1C(O)/C(=C(\C)CNc2cccc(NC(=O)CN3CCC(F)(F)CC3)n2)SC1[C@H](NC)C(=O)NCC(F)(F)F. The van der Waals surface area contributed by atoms with Crippen LogP contribution in [0.2, 0.25) is 0 Å². The Kier molecular flexibility index (Phi) is 11.3. The Balaban J connectivity index is 1.60. The third-order valence-electron chi connectivity index (χ3n) is 6.76. The summed E-state index contributed by atoms with van der Waals surface area (Å²) >= 11 is 1.20. The number of piperidine rings is 1. The van der Waals surface area contributed by atoms with E-state index < -0.39 is 42.2 Å². The molecule has 2 saturated heterocycles. The van der Waals surface area contributed by atoms with E-state index >= 15 is 0 Å². The zero-order chi connectivity index (χ0) is 30.4. The second-order valence-corrected chi connectivity index (χ2v) is 11.1. The third kappa shape index (κ3) is 9.49. The second-order valence-electron chi connectivity index (χ2n) is 9.90. The number of halogens is 5. The highest BCUT2D eigenvalue weighted by molar-refractivity contribution is 8.04. The molecule has 0 saturated carbocycles. The van der Waals surface area contributed by atoms with Gasteiger partial charge in [-0.1, -0.05) is 13.0 Å². The van der Waals surface area contributed by atoms with Crippen LogP contribution in [0, 0.1) is 0 Å². The van der Waals surface area contributed by atoms with Gasteiger partial charge in [0.1, 0.15) is 30.5 Å². The number of pyridine rings is 1. The molecule has 0 aliphatic carbocycles. The molecule has 1 aromatic heterocycles. The molecule has 2 amide bonds. The van der Waals surface area contributed by atoms with Crippen LogP contribution >= 0.6 is 11.8 Å². The average molecular weight is 610 g/mol. The third-order valence-corrected chi connectivity index (χ3v) is 8.35. The van der Waals surface area contributed by atoms with Gasteiger partial charge in [-0.05, 0) is 38.2 Å². The number of rotatable bonds is 11. The molecule has 5 N–H and O–H groups in total. The number of alkyl halides is 5. The lowest BCUT2D eigenvalue weighted by atomic mass is 10.1. The lowest BCUT2D eigenvalue weighted by molar-refractivity contribution is -0.140. The number of aromatic nitrogens is 1. The molecule has 0 aromatic carbocycles. The molecule has 2 unspecified atom stereocenters. The minimum atomic E-state index is -4.55. The number of carbonyl (C=O) groups is 2. The van der Waals surface area contributed by atoms with Crippen molar-refractivity contribution in [3.05, 3.63) is 28.7 Å². The molecule has 16 heteroatoms. The van der Waals surface area contributed by atoms with Crippen molar-refractivity contribution in [2.75, 3.05) is 56.9 Å². The number of amides is 2. The number of likely N-dealkylation sites (tertiary alicyclic amines) is 1. The zero-order valence-electron chi connectivity index (χ0n) is 23.0. The monoisotopic (exact) mass is 609 g/mol. The number of likely N-dealkylation sites (N-methyl/N-ethyl adjacent to an activating group) is 2. The Morgan fingerprint density at radius 1 is 1.22 bits per heavy atom. The Labute approximate surface area is 239 Å². The minimum Gasteiger partial charge on any atom is -0.373 e. The number of anilines is 2. The Morgan fingerprint density at radius 2 is 1.88 bits per heavy atom. The summed E-state index contributed by atoms with van der Waals surface area (Å²) < 4.78 is 64.5.